The molecule has 1 aliphatic carbocycles. The van der Waals surface area contributed by atoms with Gasteiger partial charge in [-0.2, -0.15) is 0 Å². The Balaban J connectivity index is 2.22. The molecule has 0 spiro atoms. The lowest BCUT2D eigenvalue weighted by molar-refractivity contribution is -0.114. The van der Waals surface area contributed by atoms with E-state index in [0.717, 1.165) is 0 Å². The van der Waals surface area contributed by atoms with Gasteiger partial charge in [0, 0.05) is 11.5 Å². The average Bonchev–Trinajstić information content (AvgIpc) is 2.18. The lowest BCUT2D eigenvalue weighted by Gasteiger charge is -2.26. The molecule has 15 heavy (non-hydrogen) atoms. The van der Waals surface area contributed by atoms with E-state index in [9.17, 15) is 4.79 Å². The number of hydrogen-bond acceptors (Lipinski definition) is 2. The molecule has 3 nitrogen and oxygen atoms in total. The second-order valence-corrected chi connectivity index (χ2v) is 3.75. The summed E-state index contributed by atoms with van der Waals surface area (Å²) in [6, 6.07) is 0.259. The van der Waals surface area contributed by atoms with Gasteiger partial charge >= 0.3 is 0 Å². The third-order valence-electron chi connectivity index (χ3n) is 2.70. The molecule has 1 amide bonds. The van der Waals surface area contributed by atoms with Crippen molar-refractivity contribution in [2.75, 3.05) is 0 Å². The molecule has 0 aromatic carbocycles. The van der Waals surface area contributed by atoms with Crippen molar-refractivity contribution in [2.24, 2.45) is 11.7 Å². The molecule has 2 atom stereocenters. The largest absolute Gasteiger partial charge is 0.384 e. The molecule has 78 valence electrons. The van der Waals surface area contributed by atoms with Crippen molar-refractivity contribution in [1.29, 1.82) is 0 Å². The highest BCUT2D eigenvalue weighted by Crippen LogP contribution is 2.22. The fourth-order valence-electron chi connectivity index (χ4n) is 1.86. The third kappa shape index (κ3) is 2.18. The Labute approximate surface area is 89.0 Å². The Morgan fingerprint density at radius 2 is 2.13 bits per heavy atom. The van der Waals surface area contributed by atoms with Crippen LogP contribution in [0.1, 0.15) is 6.42 Å². The van der Waals surface area contributed by atoms with Gasteiger partial charge in [-0.1, -0.05) is 30.4 Å². The van der Waals surface area contributed by atoms with Gasteiger partial charge in [0.05, 0.1) is 6.04 Å². The first-order valence-corrected chi connectivity index (χ1v) is 5.04. The molecule has 0 fully saturated rings. The van der Waals surface area contributed by atoms with Gasteiger partial charge < -0.3 is 11.1 Å². The maximum absolute atomic E-state index is 11.2. The van der Waals surface area contributed by atoms with Crippen LogP contribution in [0.25, 0.3) is 0 Å². The second kappa shape index (κ2) is 4.17. The van der Waals surface area contributed by atoms with Crippen LogP contribution in [0.15, 0.2) is 48.2 Å². The Morgan fingerprint density at radius 3 is 2.93 bits per heavy atom. The van der Waals surface area contributed by atoms with E-state index in [2.05, 4.69) is 17.5 Å². The molecule has 0 aromatic rings. The van der Waals surface area contributed by atoms with Gasteiger partial charge in [-0.05, 0) is 18.7 Å². The molecule has 1 heterocycles. The molecular formula is C12H14N2O. The van der Waals surface area contributed by atoms with E-state index in [-0.39, 0.29) is 11.9 Å². The summed E-state index contributed by atoms with van der Waals surface area (Å²) in [6.45, 7) is 0. The molecule has 0 saturated heterocycles. The quantitative estimate of drug-likeness (QED) is 0.667. The molecular weight excluding hydrogens is 188 g/mol. The molecule has 2 unspecified atom stereocenters. The smallest absolute Gasteiger partial charge is 0.244 e. The first-order valence-electron chi connectivity index (χ1n) is 5.04. The van der Waals surface area contributed by atoms with Gasteiger partial charge in [0.1, 0.15) is 0 Å². The van der Waals surface area contributed by atoms with E-state index in [0.29, 0.717) is 17.9 Å². The molecule has 3 N–H and O–H groups in total. The number of fused-ring (bicyclic) bond motifs is 1. The van der Waals surface area contributed by atoms with E-state index in [1.807, 2.05) is 24.4 Å². The molecule has 2 aliphatic rings. The van der Waals surface area contributed by atoms with Crippen LogP contribution >= 0.6 is 0 Å². The topological polar surface area (TPSA) is 55.1 Å². The molecule has 0 bridgehead atoms. The zero-order chi connectivity index (χ0) is 10.7. The Morgan fingerprint density at radius 1 is 1.33 bits per heavy atom. The van der Waals surface area contributed by atoms with Crippen LogP contribution in [-0.2, 0) is 4.79 Å². The number of hydrogen-bond donors (Lipinski definition) is 2. The van der Waals surface area contributed by atoms with E-state index in [4.69, 9.17) is 5.73 Å². The van der Waals surface area contributed by atoms with Crippen LogP contribution in [0, 0.1) is 5.92 Å². The first kappa shape index (κ1) is 9.77. The summed E-state index contributed by atoms with van der Waals surface area (Å²) in [5.41, 5.74) is 5.99. The maximum atomic E-state index is 11.2. The van der Waals surface area contributed by atoms with E-state index < -0.39 is 0 Å². The van der Waals surface area contributed by atoms with Crippen LogP contribution in [0.3, 0.4) is 0 Å². The number of rotatable bonds is 1. The maximum Gasteiger partial charge on any atom is 0.244 e. The monoisotopic (exact) mass is 202 g/mol. The number of carbonyl (C=O) groups is 1. The highest BCUT2D eigenvalue weighted by atomic mass is 16.1. The lowest BCUT2D eigenvalue weighted by Crippen LogP contribution is -2.33. The summed E-state index contributed by atoms with van der Waals surface area (Å²) in [7, 11) is 0. The van der Waals surface area contributed by atoms with Crippen molar-refractivity contribution in [2.45, 2.75) is 12.5 Å². The van der Waals surface area contributed by atoms with E-state index in [1.165, 1.54) is 0 Å². The van der Waals surface area contributed by atoms with Gasteiger partial charge in [0.2, 0.25) is 5.91 Å². The normalized spacial score (nSPS) is 34.0. The number of carbonyl (C=O) groups excluding carboxylic acids is 1. The number of nitrogens with two attached hydrogens (primary N) is 1. The number of allylic oxidation sites excluding steroid dienone is 4. The molecule has 0 aromatic heterocycles. The first-order chi connectivity index (χ1) is 7.27. The molecule has 0 radical (unpaired) electrons. The van der Waals surface area contributed by atoms with Crippen molar-refractivity contribution >= 4 is 5.91 Å². The molecule has 1 aliphatic heterocycles. The second-order valence-electron chi connectivity index (χ2n) is 3.75. The standard InChI is InChI=1S/C12H14N2O/c13-12(15)10-5-3-7-14-11-6-2-1-4-9(11)8-10/h1-7,9,11,14H,8H2,(H2,13,15)/b7-3-,10-5+. The summed E-state index contributed by atoms with van der Waals surface area (Å²) < 4.78 is 0. The third-order valence-corrected chi connectivity index (χ3v) is 2.70. The minimum Gasteiger partial charge on any atom is -0.384 e. The van der Waals surface area contributed by atoms with Gasteiger partial charge in [0.15, 0.2) is 0 Å². The van der Waals surface area contributed by atoms with Crippen molar-refractivity contribution < 1.29 is 4.79 Å². The fourth-order valence-corrected chi connectivity index (χ4v) is 1.86. The van der Waals surface area contributed by atoms with Crippen LogP contribution in [0.2, 0.25) is 0 Å². The molecule has 3 heteroatoms. The SMILES string of the molecule is NC(=O)/C1=C/C=C\NC2C=CC=CC2C1. The van der Waals surface area contributed by atoms with Crippen molar-refractivity contribution in [3.63, 3.8) is 0 Å². The zero-order valence-corrected chi connectivity index (χ0v) is 8.39. The summed E-state index contributed by atoms with van der Waals surface area (Å²) in [5.74, 6) is -0.0260. The summed E-state index contributed by atoms with van der Waals surface area (Å²) in [5, 5.41) is 3.27. The number of nitrogens with one attached hydrogen (secondary N) is 1. The Bertz CT molecular complexity index is 377. The summed E-state index contributed by atoms with van der Waals surface area (Å²) in [4.78, 5) is 11.2. The van der Waals surface area contributed by atoms with E-state index in [1.54, 1.807) is 6.08 Å². The molecule has 2 rings (SSSR count). The Kier molecular flexibility index (Phi) is 2.72. The van der Waals surface area contributed by atoms with Crippen LogP contribution in [-0.4, -0.2) is 11.9 Å². The van der Waals surface area contributed by atoms with Crippen LogP contribution < -0.4 is 11.1 Å². The van der Waals surface area contributed by atoms with E-state index >= 15 is 0 Å². The highest BCUT2D eigenvalue weighted by molar-refractivity contribution is 5.92. The number of primary amides is 1. The van der Waals surface area contributed by atoms with Crippen molar-refractivity contribution in [3.05, 3.63) is 48.2 Å². The van der Waals surface area contributed by atoms with Crippen LogP contribution in [0.4, 0.5) is 0 Å². The average molecular weight is 202 g/mol. The fraction of sp³-hybridized carbons (Fsp3) is 0.250. The summed E-state index contributed by atoms with van der Waals surface area (Å²) in [6.07, 6.45) is 14.4. The zero-order valence-electron chi connectivity index (χ0n) is 8.39. The van der Waals surface area contributed by atoms with Crippen LogP contribution in [0.5, 0.6) is 0 Å². The predicted molar refractivity (Wildman–Crippen MR) is 59.7 cm³/mol. The molecule has 0 saturated carbocycles. The van der Waals surface area contributed by atoms with Gasteiger partial charge in [-0.15, -0.1) is 0 Å². The van der Waals surface area contributed by atoms with Gasteiger partial charge in [0.25, 0.3) is 0 Å². The van der Waals surface area contributed by atoms with Gasteiger partial charge in [-0.3, -0.25) is 4.79 Å². The minimum atomic E-state index is -0.330. The Hall–Kier alpha value is -1.77. The van der Waals surface area contributed by atoms with Crippen molar-refractivity contribution in [3.8, 4) is 0 Å². The number of amides is 1. The highest BCUT2D eigenvalue weighted by Gasteiger charge is 2.21. The van der Waals surface area contributed by atoms with Gasteiger partial charge in [-0.25, -0.2) is 0 Å². The summed E-state index contributed by atoms with van der Waals surface area (Å²) >= 11 is 0. The minimum absolute atomic E-state index is 0.259. The predicted octanol–water partition coefficient (Wildman–Crippen LogP) is 1.02. The van der Waals surface area contributed by atoms with Crippen molar-refractivity contribution in [1.82, 2.24) is 5.32 Å². The lowest BCUT2D eigenvalue weighted by atomic mass is 9.88.